The fraction of sp³-hybridized carbons (Fsp3) is 0.923. The minimum Gasteiger partial charge on any atom is -0.395 e. The molecule has 18 heavy (non-hydrogen) atoms. The monoisotopic (exact) mass is 261 g/mol. The quantitative estimate of drug-likeness (QED) is 0.512. The Morgan fingerprint density at radius 2 is 1.67 bits per heavy atom. The topological polar surface area (TPSA) is 71.3 Å². The number of ether oxygens (including phenoxy) is 1. The van der Waals surface area contributed by atoms with E-state index in [2.05, 4.69) is 5.16 Å². The summed E-state index contributed by atoms with van der Waals surface area (Å²) in [4.78, 5) is 5.20. The Morgan fingerprint density at radius 1 is 1.11 bits per heavy atom. The van der Waals surface area contributed by atoms with Crippen molar-refractivity contribution in [2.75, 3.05) is 13.7 Å². The van der Waals surface area contributed by atoms with Gasteiger partial charge in [-0.2, -0.15) is 0 Å². The van der Waals surface area contributed by atoms with Gasteiger partial charge in [0.05, 0.1) is 6.10 Å². The third-order valence-corrected chi connectivity index (χ3v) is 2.49. The zero-order chi connectivity index (χ0) is 14.3. The van der Waals surface area contributed by atoms with Crippen molar-refractivity contribution >= 4 is 5.71 Å². The Kier molecular flexibility index (Phi) is 8.15. The zero-order valence-corrected chi connectivity index (χ0v) is 12.3. The molecular weight excluding hydrogens is 234 g/mol. The van der Waals surface area contributed by atoms with Gasteiger partial charge in [0, 0.05) is 7.11 Å². The van der Waals surface area contributed by atoms with Crippen LogP contribution in [0.5, 0.6) is 0 Å². The normalized spacial score (nSPS) is 18.0. The average Bonchev–Trinajstić information content (AvgIpc) is 2.25. The second-order valence-electron chi connectivity index (χ2n) is 5.29. The molecule has 0 radical (unpaired) electrons. The Balaban J connectivity index is 4.91. The van der Waals surface area contributed by atoms with Gasteiger partial charge in [-0.05, 0) is 18.8 Å². The summed E-state index contributed by atoms with van der Waals surface area (Å²) in [6.45, 7) is 9.91. The largest absolute Gasteiger partial charge is 0.395 e. The molecule has 108 valence electrons. The molecule has 0 rings (SSSR count). The second kappa shape index (κ2) is 8.45. The SMILES string of the molecule is CO[C@H](/C(=N/OCC(C)C)C(O)[C@@H](C)O)C(C)C. The lowest BCUT2D eigenvalue weighted by molar-refractivity contribution is 0.0421. The molecule has 0 spiro atoms. The molecule has 0 bridgehead atoms. The van der Waals surface area contributed by atoms with E-state index in [1.807, 2.05) is 27.7 Å². The van der Waals surface area contributed by atoms with Crippen LogP contribution in [0.25, 0.3) is 0 Å². The molecule has 5 nitrogen and oxygen atoms in total. The molecule has 0 aromatic carbocycles. The molecule has 0 aromatic rings. The molecule has 5 heteroatoms. The predicted octanol–water partition coefficient (Wildman–Crippen LogP) is 1.43. The molecule has 0 amide bonds. The number of rotatable bonds is 8. The summed E-state index contributed by atoms with van der Waals surface area (Å²) < 4.78 is 5.32. The van der Waals surface area contributed by atoms with Gasteiger partial charge in [-0.15, -0.1) is 0 Å². The van der Waals surface area contributed by atoms with Crippen molar-refractivity contribution in [3.05, 3.63) is 0 Å². The maximum atomic E-state index is 9.96. The maximum Gasteiger partial charge on any atom is 0.124 e. The molecule has 0 saturated heterocycles. The number of aliphatic hydroxyl groups excluding tert-OH is 2. The van der Waals surface area contributed by atoms with Crippen molar-refractivity contribution in [3.8, 4) is 0 Å². The first kappa shape index (κ1) is 17.4. The van der Waals surface area contributed by atoms with Gasteiger partial charge < -0.3 is 19.8 Å². The number of aliphatic hydroxyl groups is 2. The van der Waals surface area contributed by atoms with Gasteiger partial charge in [-0.3, -0.25) is 0 Å². The lowest BCUT2D eigenvalue weighted by Crippen LogP contribution is -2.42. The third kappa shape index (κ3) is 5.80. The highest BCUT2D eigenvalue weighted by Crippen LogP contribution is 2.13. The van der Waals surface area contributed by atoms with Gasteiger partial charge in [-0.1, -0.05) is 32.9 Å². The standard InChI is InChI=1S/C13H27NO4/c1-8(2)7-18-14-11(12(16)10(5)15)13(17-6)9(3)4/h8-10,12-13,15-16H,7H2,1-6H3/b14-11+/t10-,12?,13+/m1/s1. The molecule has 0 fully saturated rings. The molecule has 0 aliphatic carbocycles. The first-order valence-corrected chi connectivity index (χ1v) is 6.39. The van der Waals surface area contributed by atoms with Crippen LogP contribution in [0, 0.1) is 11.8 Å². The van der Waals surface area contributed by atoms with Gasteiger partial charge in [0.2, 0.25) is 0 Å². The lowest BCUT2D eigenvalue weighted by Gasteiger charge is -2.25. The number of oxime groups is 1. The first-order valence-electron chi connectivity index (χ1n) is 6.39. The summed E-state index contributed by atoms with van der Waals surface area (Å²) in [5.41, 5.74) is 0.336. The van der Waals surface area contributed by atoms with Gasteiger partial charge in [-0.25, -0.2) is 0 Å². The smallest absolute Gasteiger partial charge is 0.124 e. The average molecular weight is 261 g/mol. The van der Waals surface area contributed by atoms with Crippen molar-refractivity contribution in [3.63, 3.8) is 0 Å². The van der Waals surface area contributed by atoms with E-state index in [0.29, 0.717) is 18.2 Å². The van der Waals surface area contributed by atoms with E-state index in [0.717, 1.165) is 0 Å². The molecule has 2 N–H and O–H groups in total. The van der Waals surface area contributed by atoms with Crippen molar-refractivity contribution in [2.45, 2.75) is 52.9 Å². The fourth-order valence-electron chi connectivity index (χ4n) is 1.52. The number of nitrogens with zero attached hydrogens (tertiary/aromatic N) is 1. The first-order chi connectivity index (χ1) is 8.31. The van der Waals surface area contributed by atoms with E-state index >= 15 is 0 Å². The maximum absolute atomic E-state index is 9.96. The van der Waals surface area contributed by atoms with E-state index in [1.165, 1.54) is 6.92 Å². The van der Waals surface area contributed by atoms with Crippen LogP contribution >= 0.6 is 0 Å². The van der Waals surface area contributed by atoms with Crippen molar-refractivity contribution < 1.29 is 19.8 Å². The molecule has 3 atom stereocenters. The molecule has 0 aliphatic heterocycles. The highest BCUT2D eigenvalue weighted by Gasteiger charge is 2.29. The van der Waals surface area contributed by atoms with Crippen molar-refractivity contribution in [1.82, 2.24) is 0 Å². The minimum atomic E-state index is -1.08. The fourth-order valence-corrected chi connectivity index (χ4v) is 1.52. The van der Waals surface area contributed by atoms with Crippen LogP contribution in [0.1, 0.15) is 34.6 Å². The highest BCUT2D eigenvalue weighted by molar-refractivity contribution is 5.92. The number of methoxy groups -OCH3 is 1. The summed E-state index contributed by atoms with van der Waals surface area (Å²) in [6.07, 6.45) is -2.37. The zero-order valence-electron chi connectivity index (χ0n) is 12.3. The Labute approximate surface area is 110 Å². The van der Waals surface area contributed by atoms with E-state index in [4.69, 9.17) is 9.57 Å². The third-order valence-electron chi connectivity index (χ3n) is 2.49. The number of hydrogen-bond donors (Lipinski definition) is 2. The summed E-state index contributed by atoms with van der Waals surface area (Å²) in [6, 6.07) is 0. The molecule has 0 aliphatic rings. The Bertz CT molecular complexity index is 251. The van der Waals surface area contributed by atoms with Gasteiger partial charge in [0.1, 0.15) is 24.5 Å². The van der Waals surface area contributed by atoms with Gasteiger partial charge in [0.25, 0.3) is 0 Å². The summed E-state index contributed by atoms with van der Waals surface area (Å²) in [7, 11) is 1.55. The molecular formula is C13H27NO4. The van der Waals surface area contributed by atoms with Crippen LogP contribution in [0.15, 0.2) is 5.16 Å². The van der Waals surface area contributed by atoms with E-state index in [1.54, 1.807) is 7.11 Å². The number of hydrogen-bond acceptors (Lipinski definition) is 5. The summed E-state index contributed by atoms with van der Waals surface area (Å²) in [5, 5.41) is 23.4. The Morgan fingerprint density at radius 3 is 2.00 bits per heavy atom. The van der Waals surface area contributed by atoms with E-state index in [9.17, 15) is 10.2 Å². The van der Waals surface area contributed by atoms with Gasteiger partial charge >= 0.3 is 0 Å². The van der Waals surface area contributed by atoms with Crippen LogP contribution in [0.2, 0.25) is 0 Å². The van der Waals surface area contributed by atoms with E-state index < -0.39 is 12.2 Å². The molecule has 0 saturated carbocycles. The lowest BCUT2D eigenvalue weighted by atomic mass is 9.96. The minimum absolute atomic E-state index is 0.129. The van der Waals surface area contributed by atoms with E-state index in [-0.39, 0.29) is 12.0 Å². The van der Waals surface area contributed by atoms with Crippen LogP contribution in [0.3, 0.4) is 0 Å². The van der Waals surface area contributed by atoms with Crippen LogP contribution in [0.4, 0.5) is 0 Å². The Hall–Kier alpha value is -0.650. The predicted molar refractivity (Wildman–Crippen MR) is 71.5 cm³/mol. The van der Waals surface area contributed by atoms with Crippen LogP contribution in [-0.2, 0) is 9.57 Å². The molecule has 0 heterocycles. The van der Waals surface area contributed by atoms with Gasteiger partial charge in [0.15, 0.2) is 0 Å². The highest BCUT2D eigenvalue weighted by atomic mass is 16.6. The van der Waals surface area contributed by atoms with Crippen molar-refractivity contribution in [1.29, 1.82) is 0 Å². The summed E-state index contributed by atoms with van der Waals surface area (Å²) >= 11 is 0. The second-order valence-corrected chi connectivity index (χ2v) is 5.29. The summed E-state index contributed by atoms with van der Waals surface area (Å²) in [5.74, 6) is 0.475. The molecule has 0 aromatic heterocycles. The van der Waals surface area contributed by atoms with Crippen LogP contribution in [-0.4, -0.2) is 48.0 Å². The van der Waals surface area contributed by atoms with Crippen LogP contribution < -0.4 is 0 Å². The molecule has 1 unspecified atom stereocenters. The van der Waals surface area contributed by atoms with Crippen molar-refractivity contribution in [2.24, 2.45) is 17.0 Å².